The van der Waals surface area contributed by atoms with Gasteiger partial charge in [0.25, 0.3) is 0 Å². The van der Waals surface area contributed by atoms with Crippen LogP contribution in [0.15, 0.2) is 11.6 Å². The molecule has 2 heteroatoms. The number of rotatable bonds is 8. The fraction of sp³-hybridized carbons (Fsp3) is 0.786. The van der Waals surface area contributed by atoms with Crippen LogP contribution >= 0.6 is 0 Å². The van der Waals surface area contributed by atoms with E-state index in [1.807, 2.05) is 6.92 Å². The van der Waals surface area contributed by atoms with Crippen LogP contribution in [0.1, 0.15) is 59.8 Å². The van der Waals surface area contributed by atoms with E-state index >= 15 is 0 Å². The zero-order valence-corrected chi connectivity index (χ0v) is 11.2. The number of hydrogen-bond acceptors (Lipinski definition) is 2. The second-order valence-corrected chi connectivity index (χ2v) is 4.66. The van der Waals surface area contributed by atoms with Crippen LogP contribution in [0.3, 0.4) is 0 Å². The minimum Gasteiger partial charge on any atom is -0.466 e. The monoisotopic (exact) mass is 226 g/mol. The van der Waals surface area contributed by atoms with Crippen molar-refractivity contribution in [3.8, 4) is 0 Å². The molecule has 0 saturated heterocycles. The molecule has 0 rings (SSSR count). The normalized spacial score (nSPS) is 12.0. The van der Waals surface area contributed by atoms with Gasteiger partial charge in [0.05, 0.1) is 6.61 Å². The van der Waals surface area contributed by atoms with Gasteiger partial charge in [-0.05, 0) is 46.0 Å². The SMILES string of the molecule is CCOC(=O)CCC[C@H](C)CCC=C(C)C. The average molecular weight is 226 g/mol. The molecule has 0 spiro atoms. The van der Waals surface area contributed by atoms with Crippen LogP contribution in [0.25, 0.3) is 0 Å². The zero-order valence-electron chi connectivity index (χ0n) is 11.2. The quantitative estimate of drug-likeness (QED) is 0.460. The Labute approximate surface area is 100 Å². The van der Waals surface area contributed by atoms with E-state index in [9.17, 15) is 4.79 Å². The third kappa shape index (κ3) is 9.75. The Balaban J connectivity index is 3.47. The molecule has 0 unspecified atom stereocenters. The van der Waals surface area contributed by atoms with Crippen molar-refractivity contribution in [2.45, 2.75) is 59.8 Å². The summed E-state index contributed by atoms with van der Waals surface area (Å²) in [7, 11) is 0. The molecule has 0 heterocycles. The highest BCUT2D eigenvalue weighted by Crippen LogP contribution is 2.15. The number of carbonyl (C=O) groups excluding carboxylic acids is 1. The lowest BCUT2D eigenvalue weighted by molar-refractivity contribution is -0.143. The van der Waals surface area contributed by atoms with Gasteiger partial charge in [-0.2, -0.15) is 0 Å². The molecule has 0 saturated carbocycles. The molecule has 0 aromatic rings. The minimum atomic E-state index is -0.0565. The molecule has 0 bridgehead atoms. The van der Waals surface area contributed by atoms with Gasteiger partial charge in [0.1, 0.15) is 0 Å². The van der Waals surface area contributed by atoms with Gasteiger partial charge in [0.15, 0.2) is 0 Å². The van der Waals surface area contributed by atoms with Crippen molar-refractivity contribution in [2.24, 2.45) is 5.92 Å². The fourth-order valence-electron chi connectivity index (χ4n) is 1.63. The van der Waals surface area contributed by atoms with Gasteiger partial charge in [-0.15, -0.1) is 0 Å². The highest BCUT2D eigenvalue weighted by Gasteiger charge is 2.05. The van der Waals surface area contributed by atoms with Crippen LogP contribution in [-0.2, 0) is 9.53 Å². The van der Waals surface area contributed by atoms with E-state index in [0.29, 0.717) is 18.9 Å². The second-order valence-electron chi connectivity index (χ2n) is 4.66. The van der Waals surface area contributed by atoms with Crippen molar-refractivity contribution in [3.05, 3.63) is 11.6 Å². The summed E-state index contributed by atoms with van der Waals surface area (Å²) in [4.78, 5) is 11.1. The molecule has 0 radical (unpaired) electrons. The summed E-state index contributed by atoms with van der Waals surface area (Å²) in [5, 5.41) is 0. The van der Waals surface area contributed by atoms with Crippen molar-refractivity contribution in [1.29, 1.82) is 0 Å². The molecular weight excluding hydrogens is 200 g/mol. The summed E-state index contributed by atoms with van der Waals surface area (Å²) >= 11 is 0. The maximum absolute atomic E-state index is 11.1. The predicted molar refractivity (Wildman–Crippen MR) is 68.3 cm³/mol. The molecule has 0 aromatic heterocycles. The number of esters is 1. The number of allylic oxidation sites excluding steroid dienone is 2. The van der Waals surface area contributed by atoms with Crippen LogP contribution in [0, 0.1) is 5.92 Å². The Morgan fingerprint density at radius 1 is 1.31 bits per heavy atom. The molecule has 16 heavy (non-hydrogen) atoms. The van der Waals surface area contributed by atoms with Crippen molar-refractivity contribution in [1.82, 2.24) is 0 Å². The van der Waals surface area contributed by atoms with E-state index in [0.717, 1.165) is 19.3 Å². The summed E-state index contributed by atoms with van der Waals surface area (Å²) in [5.41, 5.74) is 1.39. The standard InChI is InChI=1S/C14H26O2/c1-5-16-14(15)11-7-10-13(4)9-6-8-12(2)3/h8,13H,5-7,9-11H2,1-4H3/t13-/m1/s1. The van der Waals surface area contributed by atoms with Crippen LogP contribution in [0.5, 0.6) is 0 Å². The highest BCUT2D eigenvalue weighted by molar-refractivity contribution is 5.69. The summed E-state index contributed by atoms with van der Waals surface area (Å²) in [6.45, 7) is 8.86. The van der Waals surface area contributed by atoms with Crippen LogP contribution < -0.4 is 0 Å². The molecule has 0 aliphatic rings. The maximum atomic E-state index is 11.1. The lowest BCUT2D eigenvalue weighted by atomic mass is 9.98. The summed E-state index contributed by atoms with van der Waals surface area (Å²) in [6, 6.07) is 0. The molecule has 94 valence electrons. The van der Waals surface area contributed by atoms with Gasteiger partial charge in [-0.3, -0.25) is 4.79 Å². The number of ether oxygens (including phenoxy) is 1. The van der Waals surface area contributed by atoms with Gasteiger partial charge in [-0.25, -0.2) is 0 Å². The second kappa shape index (κ2) is 9.44. The topological polar surface area (TPSA) is 26.3 Å². The van der Waals surface area contributed by atoms with Gasteiger partial charge < -0.3 is 4.74 Å². The summed E-state index contributed by atoms with van der Waals surface area (Å²) in [5.74, 6) is 0.643. The van der Waals surface area contributed by atoms with E-state index in [4.69, 9.17) is 4.74 Å². The molecule has 0 fully saturated rings. The van der Waals surface area contributed by atoms with E-state index in [1.165, 1.54) is 12.0 Å². The smallest absolute Gasteiger partial charge is 0.305 e. The van der Waals surface area contributed by atoms with Crippen molar-refractivity contribution >= 4 is 5.97 Å². The van der Waals surface area contributed by atoms with E-state index in [2.05, 4.69) is 26.8 Å². The molecule has 0 aliphatic heterocycles. The van der Waals surface area contributed by atoms with Crippen molar-refractivity contribution in [2.75, 3.05) is 6.61 Å². The largest absolute Gasteiger partial charge is 0.466 e. The molecule has 1 atom stereocenters. The zero-order chi connectivity index (χ0) is 12.4. The molecule has 0 N–H and O–H groups in total. The van der Waals surface area contributed by atoms with Gasteiger partial charge in [0, 0.05) is 6.42 Å². The first-order valence-corrected chi connectivity index (χ1v) is 6.35. The first-order valence-electron chi connectivity index (χ1n) is 6.35. The van der Waals surface area contributed by atoms with Gasteiger partial charge >= 0.3 is 5.97 Å². The predicted octanol–water partition coefficient (Wildman–Crippen LogP) is 4.10. The Morgan fingerprint density at radius 3 is 2.56 bits per heavy atom. The number of carbonyl (C=O) groups is 1. The highest BCUT2D eigenvalue weighted by atomic mass is 16.5. The molecule has 0 aliphatic carbocycles. The molecule has 0 amide bonds. The average Bonchev–Trinajstić information content (AvgIpc) is 2.17. The third-order valence-corrected chi connectivity index (χ3v) is 2.60. The minimum absolute atomic E-state index is 0.0565. The fourth-order valence-corrected chi connectivity index (χ4v) is 1.63. The lowest BCUT2D eigenvalue weighted by Gasteiger charge is -2.09. The summed E-state index contributed by atoms with van der Waals surface area (Å²) in [6.07, 6.45) is 7.30. The maximum Gasteiger partial charge on any atom is 0.305 e. The summed E-state index contributed by atoms with van der Waals surface area (Å²) < 4.78 is 4.89. The molecule has 2 nitrogen and oxygen atoms in total. The molecule has 0 aromatic carbocycles. The van der Waals surface area contributed by atoms with Crippen molar-refractivity contribution < 1.29 is 9.53 Å². The Hall–Kier alpha value is -0.790. The van der Waals surface area contributed by atoms with Crippen LogP contribution in [0.2, 0.25) is 0 Å². The van der Waals surface area contributed by atoms with Gasteiger partial charge in [0.2, 0.25) is 0 Å². The van der Waals surface area contributed by atoms with E-state index in [1.54, 1.807) is 0 Å². The number of hydrogen-bond donors (Lipinski definition) is 0. The van der Waals surface area contributed by atoms with Crippen molar-refractivity contribution in [3.63, 3.8) is 0 Å². The first kappa shape index (κ1) is 15.2. The Kier molecular flexibility index (Phi) is 8.97. The third-order valence-electron chi connectivity index (χ3n) is 2.60. The van der Waals surface area contributed by atoms with Crippen LogP contribution in [0.4, 0.5) is 0 Å². The van der Waals surface area contributed by atoms with E-state index in [-0.39, 0.29) is 5.97 Å². The molecular formula is C14H26O2. The Morgan fingerprint density at radius 2 is 2.00 bits per heavy atom. The first-order chi connectivity index (χ1) is 7.56. The van der Waals surface area contributed by atoms with Gasteiger partial charge in [-0.1, -0.05) is 25.0 Å². The van der Waals surface area contributed by atoms with Crippen LogP contribution in [-0.4, -0.2) is 12.6 Å². The lowest BCUT2D eigenvalue weighted by Crippen LogP contribution is -2.04. The van der Waals surface area contributed by atoms with E-state index < -0.39 is 0 Å². The Bertz CT molecular complexity index is 215.